The number of fused-ring (bicyclic) bond motifs is 2. The first-order valence-corrected chi connectivity index (χ1v) is 12.6. The van der Waals surface area contributed by atoms with Gasteiger partial charge in [0.15, 0.2) is 5.69 Å². The Hall–Kier alpha value is -2.44. The van der Waals surface area contributed by atoms with Crippen LogP contribution in [0.5, 0.6) is 0 Å². The van der Waals surface area contributed by atoms with Crippen molar-refractivity contribution < 1.29 is 4.79 Å². The van der Waals surface area contributed by atoms with Crippen molar-refractivity contribution in [3.05, 3.63) is 34.0 Å². The fourth-order valence-electron chi connectivity index (χ4n) is 5.86. The highest BCUT2D eigenvalue weighted by Gasteiger charge is 2.33. The van der Waals surface area contributed by atoms with Gasteiger partial charge in [-0.3, -0.25) is 9.89 Å². The molecule has 2 aliphatic carbocycles. The minimum atomic E-state index is 0.0825. The Morgan fingerprint density at radius 2 is 1.84 bits per heavy atom. The third-order valence-corrected chi connectivity index (χ3v) is 7.87. The van der Waals surface area contributed by atoms with E-state index in [4.69, 9.17) is 9.97 Å². The minimum Gasteiger partial charge on any atom is -0.356 e. The first-order chi connectivity index (χ1) is 15.7. The Bertz CT molecular complexity index is 1030. The Morgan fingerprint density at radius 3 is 2.72 bits per heavy atom. The average molecular weight is 435 g/mol. The normalized spacial score (nSPS) is 23.1. The Morgan fingerprint density at radius 1 is 1.00 bits per heavy atom. The van der Waals surface area contributed by atoms with Crippen LogP contribution in [0.25, 0.3) is 0 Å². The topological polar surface area (TPSA) is 78.0 Å². The van der Waals surface area contributed by atoms with Gasteiger partial charge in [0, 0.05) is 54.6 Å². The van der Waals surface area contributed by atoms with Crippen LogP contribution < -0.4 is 4.90 Å². The lowest BCUT2D eigenvalue weighted by Gasteiger charge is -2.34. The smallest absolute Gasteiger partial charge is 0.274 e. The van der Waals surface area contributed by atoms with Crippen molar-refractivity contribution in [2.24, 2.45) is 5.92 Å². The summed E-state index contributed by atoms with van der Waals surface area (Å²) in [5.74, 6) is 3.25. The lowest BCUT2D eigenvalue weighted by Crippen LogP contribution is -2.40. The number of nitrogens with zero attached hydrogens (tertiary/aromatic N) is 5. The summed E-state index contributed by atoms with van der Waals surface area (Å²) in [6, 6.07) is 0. The SMILES string of the molecule is Cc1nc(C2CCCN(C(=O)c3n[nH]c4c3CCCC4)C2)nc2c1CCCN2CC1CC1. The lowest BCUT2D eigenvalue weighted by atomic mass is 9.93. The van der Waals surface area contributed by atoms with Crippen LogP contribution in [0, 0.1) is 12.8 Å². The van der Waals surface area contributed by atoms with E-state index in [-0.39, 0.29) is 11.8 Å². The van der Waals surface area contributed by atoms with Gasteiger partial charge in [0.25, 0.3) is 5.91 Å². The summed E-state index contributed by atoms with van der Waals surface area (Å²) in [7, 11) is 0. The molecule has 170 valence electrons. The number of likely N-dealkylation sites (tertiary alicyclic amines) is 1. The predicted octanol–water partition coefficient (Wildman–Crippen LogP) is 3.57. The maximum absolute atomic E-state index is 13.4. The van der Waals surface area contributed by atoms with Crippen molar-refractivity contribution in [1.29, 1.82) is 0 Å². The summed E-state index contributed by atoms with van der Waals surface area (Å²) in [6.45, 7) is 5.89. The average Bonchev–Trinajstić information content (AvgIpc) is 3.54. The van der Waals surface area contributed by atoms with Gasteiger partial charge in [0.05, 0.1) is 0 Å². The first-order valence-electron chi connectivity index (χ1n) is 12.6. The second-order valence-electron chi connectivity index (χ2n) is 10.3. The van der Waals surface area contributed by atoms with E-state index in [9.17, 15) is 4.79 Å². The molecule has 1 N–H and O–H groups in total. The molecule has 2 aromatic heterocycles. The lowest BCUT2D eigenvalue weighted by molar-refractivity contribution is 0.0697. The Balaban J connectivity index is 1.24. The number of carbonyl (C=O) groups excluding carboxylic acids is 1. The number of piperidine rings is 1. The number of aromatic amines is 1. The molecule has 1 unspecified atom stereocenters. The molecule has 1 saturated carbocycles. The number of aromatic nitrogens is 4. The highest BCUT2D eigenvalue weighted by molar-refractivity contribution is 5.94. The minimum absolute atomic E-state index is 0.0825. The highest BCUT2D eigenvalue weighted by Crippen LogP contribution is 2.36. The molecule has 6 rings (SSSR count). The maximum atomic E-state index is 13.4. The summed E-state index contributed by atoms with van der Waals surface area (Å²) in [4.78, 5) is 28.0. The van der Waals surface area contributed by atoms with Gasteiger partial charge >= 0.3 is 0 Å². The van der Waals surface area contributed by atoms with Crippen molar-refractivity contribution >= 4 is 11.7 Å². The van der Waals surface area contributed by atoms with E-state index in [2.05, 4.69) is 22.0 Å². The number of rotatable bonds is 4. The Kier molecular flexibility index (Phi) is 5.15. The zero-order valence-electron chi connectivity index (χ0n) is 19.2. The highest BCUT2D eigenvalue weighted by atomic mass is 16.2. The number of hydrogen-bond acceptors (Lipinski definition) is 5. The molecule has 1 atom stereocenters. The van der Waals surface area contributed by atoms with Gasteiger partial charge < -0.3 is 9.80 Å². The number of anilines is 1. The molecular formula is C25H34N6O. The molecule has 32 heavy (non-hydrogen) atoms. The molecule has 1 amide bonds. The monoisotopic (exact) mass is 434 g/mol. The summed E-state index contributed by atoms with van der Waals surface area (Å²) in [5.41, 5.74) is 5.44. The van der Waals surface area contributed by atoms with Gasteiger partial charge in [-0.25, -0.2) is 9.97 Å². The number of H-pyrrole nitrogens is 1. The van der Waals surface area contributed by atoms with Gasteiger partial charge in [0.1, 0.15) is 11.6 Å². The molecule has 2 aliphatic heterocycles. The third-order valence-electron chi connectivity index (χ3n) is 7.87. The molecule has 0 aromatic carbocycles. The van der Waals surface area contributed by atoms with Crippen molar-refractivity contribution in [2.45, 2.75) is 77.0 Å². The summed E-state index contributed by atoms with van der Waals surface area (Å²) < 4.78 is 0. The molecular weight excluding hydrogens is 400 g/mol. The molecule has 7 heteroatoms. The number of hydrogen-bond donors (Lipinski definition) is 1. The van der Waals surface area contributed by atoms with Crippen molar-refractivity contribution in [3.8, 4) is 0 Å². The van der Waals surface area contributed by atoms with Crippen LogP contribution in [0.2, 0.25) is 0 Å². The van der Waals surface area contributed by atoms with E-state index in [1.807, 2.05) is 4.90 Å². The quantitative estimate of drug-likeness (QED) is 0.796. The van der Waals surface area contributed by atoms with Crippen LogP contribution >= 0.6 is 0 Å². The van der Waals surface area contributed by atoms with E-state index in [0.29, 0.717) is 12.2 Å². The van der Waals surface area contributed by atoms with Gasteiger partial charge in [-0.05, 0) is 77.0 Å². The molecule has 0 spiro atoms. The van der Waals surface area contributed by atoms with Crippen LogP contribution in [-0.4, -0.2) is 57.2 Å². The number of nitrogens with one attached hydrogen (secondary N) is 1. The van der Waals surface area contributed by atoms with Gasteiger partial charge in [0.2, 0.25) is 0 Å². The molecule has 0 radical (unpaired) electrons. The molecule has 4 aliphatic rings. The summed E-state index contributed by atoms with van der Waals surface area (Å²) >= 11 is 0. The van der Waals surface area contributed by atoms with E-state index in [1.54, 1.807) is 0 Å². The standard InChI is InChI=1S/C25H34N6O/c1-16-19-8-5-12-30(14-17-10-11-17)24(19)27-23(26-16)18-6-4-13-31(15-18)25(32)22-20-7-2-3-9-21(20)28-29-22/h17-18H,2-15H2,1H3,(H,28,29). The number of aryl methyl sites for hydroxylation is 2. The first kappa shape index (κ1) is 20.2. The number of amides is 1. The third kappa shape index (κ3) is 3.69. The van der Waals surface area contributed by atoms with Crippen LogP contribution in [0.1, 0.15) is 89.7 Å². The second kappa shape index (κ2) is 8.16. The fraction of sp³-hybridized carbons (Fsp3) is 0.680. The van der Waals surface area contributed by atoms with Crippen LogP contribution in [-0.2, 0) is 19.3 Å². The van der Waals surface area contributed by atoms with E-state index < -0.39 is 0 Å². The van der Waals surface area contributed by atoms with Crippen LogP contribution in [0.3, 0.4) is 0 Å². The molecule has 1 saturated heterocycles. The van der Waals surface area contributed by atoms with Gasteiger partial charge in [-0.2, -0.15) is 5.10 Å². The molecule has 0 bridgehead atoms. The van der Waals surface area contributed by atoms with Crippen molar-refractivity contribution in [2.75, 3.05) is 31.1 Å². The van der Waals surface area contributed by atoms with E-state index >= 15 is 0 Å². The van der Waals surface area contributed by atoms with Crippen LogP contribution in [0.4, 0.5) is 5.82 Å². The van der Waals surface area contributed by atoms with Crippen molar-refractivity contribution in [3.63, 3.8) is 0 Å². The molecule has 7 nitrogen and oxygen atoms in total. The van der Waals surface area contributed by atoms with Gasteiger partial charge in [-0.15, -0.1) is 0 Å². The van der Waals surface area contributed by atoms with E-state index in [1.165, 1.54) is 37.1 Å². The zero-order valence-corrected chi connectivity index (χ0v) is 19.2. The fourth-order valence-corrected chi connectivity index (χ4v) is 5.86. The number of carbonyl (C=O) groups is 1. The summed E-state index contributed by atoms with van der Waals surface area (Å²) in [6.07, 6.45) is 11.4. The molecule has 4 heterocycles. The zero-order chi connectivity index (χ0) is 21.7. The Labute approximate surface area is 190 Å². The molecule has 2 fully saturated rings. The second-order valence-corrected chi connectivity index (χ2v) is 10.3. The summed E-state index contributed by atoms with van der Waals surface area (Å²) in [5, 5.41) is 7.56. The van der Waals surface area contributed by atoms with E-state index in [0.717, 1.165) is 86.9 Å². The largest absolute Gasteiger partial charge is 0.356 e. The molecule has 2 aromatic rings. The maximum Gasteiger partial charge on any atom is 0.274 e. The van der Waals surface area contributed by atoms with Crippen LogP contribution in [0.15, 0.2) is 0 Å². The predicted molar refractivity (Wildman–Crippen MR) is 123 cm³/mol. The van der Waals surface area contributed by atoms with Gasteiger partial charge in [-0.1, -0.05) is 0 Å². The van der Waals surface area contributed by atoms with Crippen molar-refractivity contribution in [1.82, 2.24) is 25.1 Å².